The smallest absolute Gasteiger partial charge is 0.268 e. The molecule has 5 nitrogen and oxygen atoms in total. The van der Waals surface area contributed by atoms with Gasteiger partial charge in [0.25, 0.3) is 5.91 Å². The van der Waals surface area contributed by atoms with Crippen LogP contribution in [0.4, 0.5) is 0 Å². The van der Waals surface area contributed by atoms with Crippen LogP contribution in [0.2, 0.25) is 0 Å². The van der Waals surface area contributed by atoms with Crippen LogP contribution in [0.15, 0.2) is 30.3 Å². The third-order valence-electron chi connectivity index (χ3n) is 4.36. The van der Waals surface area contributed by atoms with Crippen molar-refractivity contribution < 1.29 is 14.7 Å². The van der Waals surface area contributed by atoms with E-state index in [-0.39, 0.29) is 18.2 Å². The zero-order valence-electron chi connectivity index (χ0n) is 15.3. The number of rotatable bonds is 7. The molecule has 1 aromatic carbocycles. The number of ketones is 1. The normalized spacial score (nSPS) is 13.3. The summed E-state index contributed by atoms with van der Waals surface area (Å²) in [4.78, 5) is 27.6. The maximum Gasteiger partial charge on any atom is 0.268 e. The Kier molecular flexibility index (Phi) is 5.80. The van der Waals surface area contributed by atoms with Gasteiger partial charge in [-0.05, 0) is 38.3 Å². The van der Waals surface area contributed by atoms with Crippen LogP contribution in [0, 0.1) is 6.92 Å². The van der Waals surface area contributed by atoms with Gasteiger partial charge in [0.1, 0.15) is 11.3 Å². The van der Waals surface area contributed by atoms with Crippen LogP contribution in [0.3, 0.4) is 0 Å². The van der Waals surface area contributed by atoms with Gasteiger partial charge in [0.2, 0.25) is 0 Å². The zero-order chi connectivity index (χ0) is 18.6. The number of hydrogen-bond acceptors (Lipinski definition) is 3. The number of carbonyl (C=O) groups excluding carboxylic acids is 2. The number of nitrogens with one attached hydrogen (secondary N) is 2. The quantitative estimate of drug-likeness (QED) is 0.676. The number of hydrogen-bond donors (Lipinski definition) is 3. The Bertz CT molecular complexity index is 761. The Balaban J connectivity index is 2.21. The first-order valence-electron chi connectivity index (χ1n) is 8.56. The lowest BCUT2D eigenvalue weighted by atomic mass is 9.96. The van der Waals surface area contributed by atoms with E-state index in [0.717, 1.165) is 17.5 Å². The van der Waals surface area contributed by atoms with Crippen LogP contribution in [0.25, 0.3) is 0 Å². The van der Waals surface area contributed by atoms with Gasteiger partial charge >= 0.3 is 0 Å². The first-order valence-corrected chi connectivity index (χ1v) is 8.56. The molecule has 3 N–H and O–H groups in total. The van der Waals surface area contributed by atoms with Crippen LogP contribution in [-0.2, 0) is 12.0 Å². The summed E-state index contributed by atoms with van der Waals surface area (Å²) in [5.41, 5.74) is 2.03. The number of carbonyl (C=O) groups is 2. The molecule has 2 rings (SSSR count). The maximum atomic E-state index is 12.6. The molecule has 1 aromatic heterocycles. The largest absolute Gasteiger partial charge is 0.384 e. The number of Topliss-reactive ketones (excluding diaryl/α,β-unsaturated/α-hetero) is 1. The van der Waals surface area contributed by atoms with Crippen LogP contribution in [0.1, 0.15) is 64.9 Å². The average Bonchev–Trinajstić information content (AvgIpc) is 2.90. The molecule has 134 valence electrons. The second-order valence-corrected chi connectivity index (χ2v) is 6.61. The summed E-state index contributed by atoms with van der Waals surface area (Å²) in [7, 11) is 0. The van der Waals surface area contributed by atoms with Crippen LogP contribution >= 0.6 is 0 Å². The molecule has 0 bridgehead atoms. The molecule has 0 aliphatic carbocycles. The second kappa shape index (κ2) is 7.66. The molecule has 0 aliphatic heterocycles. The predicted molar refractivity (Wildman–Crippen MR) is 97.9 cm³/mol. The van der Waals surface area contributed by atoms with E-state index in [1.807, 2.05) is 37.3 Å². The summed E-state index contributed by atoms with van der Waals surface area (Å²) < 4.78 is 0. The zero-order valence-corrected chi connectivity index (χ0v) is 15.3. The summed E-state index contributed by atoms with van der Waals surface area (Å²) in [6, 6.07) is 9.21. The number of aliphatic hydroxyl groups is 1. The number of aromatic nitrogens is 1. The molecular formula is C20H26N2O3. The minimum absolute atomic E-state index is 0.0486. The number of benzene rings is 1. The Morgan fingerprint density at radius 2 is 1.88 bits per heavy atom. The van der Waals surface area contributed by atoms with E-state index in [0.29, 0.717) is 23.4 Å². The summed E-state index contributed by atoms with van der Waals surface area (Å²) in [6.45, 7) is 7.06. The van der Waals surface area contributed by atoms with Crippen molar-refractivity contribution in [3.05, 3.63) is 58.4 Å². The Labute approximate surface area is 148 Å². The van der Waals surface area contributed by atoms with Crippen molar-refractivity contribution in [2.24, 2.45) is 0 Å². The van der Waals surface area contributed by atoms with Crippen molar-refractivity contribution in [1.82, 2.24) is 10.3 Å². The third kappa shape index (κ3) is 4.17. The third-order valence-corrected chi connectivity index (χ3v) is 4.36. The van der Waals surface area contributed by atoms with Gasteiger partial charge in [-0.2, -0.15) is 0 Å². The highest BCUT2D eigenvalue weighted by molar-refractivity contribution is 6.02. The van der Waals surface area contributed by atoms with Gasteiger partial charge in [0.15, 0.2) is 5.78 Å². The summed E-state index contributed by atoms with van der Waals surface area (Å²) in [6.07, 6.45) is 1.48. The molecule has 5 heteroatoms. The van der Waals surface area contributed by atoms with Gasteiger partial charge in [0, 0.05) is 11.3 Å². The molecule has 0 aliphatic rings. The minimum atomic E-state index is -1.17. The fourth-order valence-corrected chi connectivity index (χ4v) is 3.09. The molecule has 1 amide bonds. The van der Waals surface area contributed by atoms with Crippen molar-refractivity contribution in [3.8, 4) is 0 Å². The van der Waals surface area contributed by atoms with Crippen molar-refractivity contribution in [2.75, 3.05) is 6.54 Å². The van der Waals surface area contributed by atoms with E-state index >= 15 is 0 Å². The van der Waals surface area contributed by atoms with Gasteiger partial charge in [0.05, 0.1) is 6.54 Å². The molecule has 1 heterocycles. The molecule has 0 fully saturated rings. The van der Waals surface area contributed by atoms with Crippen LogP contribution in [-0.4, -0.2) is 28.3 Å². The lowest BCUT2D eigenvalue weighted by Gasteiger charge is -2.24. The molecule has 2 aromatic rings. The second-order valence-electron chi connectivity index (χ2n) is 6.61. The fraction of sp³-hybridized carbons (Fsp3) is 0.400. The average molecular weight is 342 g/mol. The topological polar surface area (TPSA) is 82.2 Å². The minimum Gasteiger partial charge on any atom is -0.384 e. The predicted octanol–water partition coefficient (Wildman–Crippen LogP) is 3.12. The molecule has 1 atom stereocenters. The van der Waals surface area contributed by atoms with Gasteiger partial charge in [-0.25, -0.2) is 0 Å². The monoisotopic (exact) mass is 342 g/mol. The molecule has 0 spiro atoms. The SMILES string of the molecule is CCCc1c(C(=O)NCC(C)(O)c2ccccc2)[nH]c(C)c1C(C)=O. The van der Waals surface area contributed by atoms with Crippen molar-refractivity contribution in [3.63, 3.8) is 0 Å². The molecule has 25 heavy (non-hydrogen) atoms. The van der Waals surface area contributed by atoms with Crippen LogP contribution < -0.4 is 5.32 Å². The summed E-state index contributed by atoms with van der Waals surface area (Å²) >= 11 is 0. The Morgan fingerprint density at radius 1 is 1.24 bits per heavy atom. The fourth-order valence-electron chi connectivity index (χ4n) is 3.09. The van der Waals surface area contributed by atoms with E-state index in [2.05, 4.69) is 10.3 Å². The number of aromatic amines is 1. The van der Waals surface area contributed by atoms with Crippen molar-refractivity contribution >= 4 is 11.7 Å². The van der Waals surface area contributed by atoms with Crippen LogP contribution in [0.5, 0.6) is 0 Å². The summed E-state index contributed by atoms with van der Waals surface area (Å²) in [5.74, 6) is -0.359. The van der Waals surface area contributed by atoms with Crippen molar-refractivity contribution in [2.45, 2.75) is 46.1 Å². The molecule has 0 saturated carbocycles. The molecule has 0 radical (unpaired) electrons. The van der Waals surface area contributed by atoms with E-state index < -0.39 is 5.60 Å². The van der Waals surface area contributed by atoms with Gasteiger partial charge < -0.3 is 15.4 Å². The highest BCUT2D eigenvalue weighted by atomic mass is 16.3. The van der Waals surface area contributed by atoms with E-state index in [1.165, 1.54) is 6.92 Å². The van der Waals surface area contributed by atoms with Gasteiger partial charge in [-0.15, -0.1) is 0 Å². The molecule has 1 unspecified atom stereocenters. The molecular weight excluding hydrogens is 316 g/mol. The maximum absolute atomic E-state index is 12.6. The standard InChI is InChI=1S/C20H26N2O3/c1-5-9-16-17(14(3)23)13(2)22-18(16)19(24)21-12-20(4,25)15-10-7-6-8-11-15/h6-8,10-11,22,25H,5,9,12H2,1-4H3,(H,21,24). The summed E-state index contributed by atoms with van der Waals surface area (Å²) in [5, 5.41) is 13.4. The Morgan fingerprint density at radius 3 is 2.44 bits per heavy atom. The number of aryl methyl sites for hydroxylation is 1. The van der Waals surface area contributed by atoms with E-state index in [1.54, 1.807) is 13.8 Å². The number of H-pyrrole nitrogens is 1. The lowest BCUT2D eigenvalue weighted by Crippen LogP contribution is -2.39. The lowest BCUT2D eigenvalue weighted by molar-refractivity contribution is 0.0525. The van der Waals surface area contributed by atoms with Crippen molar-refractivity contribution in [1.29, 1.82) is 0 Å². The molecule has 0 saturated heterocycles. The highest BCUT2D eigenvalue weighted by Gasteiger charge is 2.26. The van der Waals surface area contributed by atoms with E-state index in [9.17, 15) is 14.7 Å². The van der Waals surface area contributed by atoms with E-state index in [4.69, 9.17) is 0 Å². The highest BCUT2D eigenvalue weighted by Crippen LogP contribution is 2.23. The number of amides is 1. The Hall–Kier alpha value is -2.40. The van der Waals surface area contributed by atoms with Gasteiger partial charge in [-0.1, -0.05) is 43.7 Å². The first-order chi connectivity index (χ1) is 11.8. The van der Waals surface area contributed by atoms with Gasteiger partial charge in [-0.3, -0.25) is 9.59 Å². The first kappa shape index (κ1) is 18.9.